The summed E-state index contributed by atoms with van der Waals surface area (Å²) in [6.07, 6.45) is -4.21. The third kappa shape index (κ3) is 4.78. The molecule has 3 atom stereocenters. The fourth-order valence-corrected chi connectivity index (χ4v) is 2.05. The van der Waals surface area contributed by atoms with Gasteiger partial charge in [-0.25, -0.2) is 0 Å². The predicted octanol–water partition coefficient (Wildman–Crippen LogP) is 2.88. The van der Waals surface area contributed by atoms with Crippen LogP contribution in [0.4, 0.5) is 13.2 Å². The van der Waals surface area contributed by atoms with Gasteiger partial charge in [-0.15, -0.1) is 0 Å². The SMILES string of the molecule is CC(C)(C)[S@@+]([O-])/N=C/[C@H]1CC[C@H](C(F)(F)F)OC1. The highest BCUT2D eigenvalue weighted by atomic mass is 32.2. The molecular weight excluding hydrogens is 267 g/mol. The second-order valence-corrected chi connectivity index (χ2v) is 7.25. The van der Waals surface area contributed by atoms with E-state index >= 15 is 0 Å². The molecule has 0 aromatic carbocycles. The maximum absolute atomic E-state index is 12.3. The molecular formula is C11H18F3NO2S. The van der Waals surface area contributed by atoms with E-state index in [-0.39, 0.29) is 18.9 Å². The van der Waals surface area contributed by atoms with E-state index < -0.39 is 28.4 Å². The van der Waals surface area contributed by atoms with Crippen LogP contribution in [0, 0.1) is 5.92 Å². The Balaban J connectivity index is 2.43. The Bertz CT molecular complexity index is 294. The van der Waals surface area contributed by atoms with Gasteiger partial charge in [-0.2, -0.15) is 13.2 Å². The Hall–Kier alpha value is -0.270. The van der Waals surface area contributed by atoms with E-state index in [2.05, 4.69) is 4.40 Å². The summed E-state index contributed by atoms with van der Waals surface area (Å²) in [5, 5.41) is 0. The van der Waals surface area contributed by atoms with E-state index in [1.807, 2.05) is 0 Å². The van der Waals surface area contributed by atoms with Gasteiger partial charge in [-0.1, -0.05) is 4.40 Å². The van der Waals surface area contributed by atoms with Crippen molar-refractivity contribution in [2.75, 3.05) is 6.61 Å². The van der Waals surface area contributed by atoms with Crippen LogP contribution in [0.1, 0.15) is 33.6 Å². The lowest BCUT2D eigenvalue weighted by Gasteiger charge is -2.28. The first-order valence-electron chi connectivity index (χ1n) is 5.75. The molecule has 0 spiro atoms. The Morgan fingerprint density at radius 3 is 2.28 bits per heavy atom. The number of rotatable bonds is 2. The molecule has 0 amide bonds. The first kappa shape index (κ1) is 15.8. The molecule has 0 aromatic heterocycles. The zero-order valence-corrected chi connectivity index (χ0v) is 11.5. The molecule has 0 radical (unpaired) electrons. The van der Waals surface area contributed by atoms with Crippen molar-refractivity contribution in [3.8, 4) is 0 Å². The molecule has 1 rings (SSSR count). The average Bonchev–Trinajstić information content (AvgIpc) is 2.24. The number of alkyl halides is 3. The molecule has 18 heavy (non-hydrogen) atoms. The molecule has 0 aliphatic carbocycles. The van der Waals surface area contributed by atoms with Crippen LogP contribution < -0.4 is 0 Å². The van der Waals surface area contributed by atoms with E-state index in [1.165, 1.54) is 6.21 Å². The third-order valence-electron chi connectivity index (χ3n) is 2.57. The summed E-state index contributed by atoms with van der Waals surface area (Å²) in [5.74, 6) is -0.185. The Labute approximate surface area is 108 Å². The number of hydrogen-bond donors (Lipinski definition) is 0. The van der Waals surface area contributed by atoms with Crippen molar-refractivity contribution in [3.63, 3.8) is 0 Å². The predicted molar refractivity (Wildman–Crippen MR) is 64.9 cm³/mol. The second-order valence-electron chi connectivity index (χ2n) is 5.32. The van der Waals surface area contributed by atoms with Gasteiger partial charge in [-0.3, -0.25) is 0 Å². The minimum absolute atomic E-state index is 0.0188. The minimum atomic E-state index is -4.30. The molecule has 1 aliphatic rings. The first-order valence-corrected chi connectivity index (χ1v) is 6.86. The van der Waals surface area contributed by atoms with Crippen LogP contribution in [0.3, 0.4) is 0 Å². The van der Waals surface area contributed by atoms with Crippen molar-refractivity contribution in [2.45, 2.75) is 50.6 Å². The molecule has 0 N–H and O–H groups in total. The fraction of sp³-hybridized carbons (Fsp3) is 0.909. The summed E-state index contributed by atoms with van der Waals surface area (Å²) in [6.45, 7) is 5.35. The van der Waals surface area contributed by atoms with Crippen LogP contribution in [-0.4, -0.2) is 34.4 Å². The molecule has 0 bridgehead atoms. The summed E-state index contributed by atoms with van der Waals surface area (Å²) < 4.78 is 56.8. The minimum Gasteiger partial charge on any atom is -0.591 e. The molecule has 0 aromatic rings. The van der Waals surface area contributed by atoms with E-state index in [9.17, 15) is 17.7 Å². The second kappa shape index (κ2) is 5.79. The van der Waals surface area contributed by atoms with Gasteiger partial charge in [0.15, 0.2) is 6.10 Å². The molecule has 106 valence electrons. The fourth-order valence-electron chi connectivity index (χ4n) is 1.45. The van der Waals surface area contributed by atoms with Crippen LogP contribution in [0.2, 0.25) is 0 Å². The van der Waals surface area contributed by atoms with Crippen LogP contribution in [0.25, 0.3) is 0 Å². The zero-order valence-electron chi connectivity index (χ0n) is 10.7. The zero-order chi connectivity index (χ0) is 14.0. The lowest BCUT2D eigenvalue weighted by atomic mass is 9.99. The highest BCUT2D eigenvalue weighted by molar-refractivity contribution is 7.91. The molecule has 3 nitrogen and oxygen atoms in total. The van der Waals surface area contributed by atoms with Crippen molar-refractivity contribution in [2.24, 2.45) is 10.3 Å². The molecule has 1 heterocycles. The van der Waals surface area contributed by atoms with Gasteiger partial charge in [0.05, 0.1) is 12.8 Å². The van der Waals surface area contributed by atoms with Gasteiger partial charge in [-0.05, 0) is 33.6 Å². The van der Waals surface area contributed by atoms with E-state index in [0.717, 1.165) is 0 Å². The quantitative estimate of drug-likeness (QED) is 0.578. The Morgan fingerprint density at radius 2 is 1.89 bits per heavy atom. The van der Waals surface area contributed by atoms with E-state index in [1.54, 1.807) is 20.8 Å². The normalized spacial score (nSPS) is 28.6. The lowest BCUT2D eigenvalue weighted by Crippen LogP contribution is -2.38. The lowest BCUT2D eigenvalue weighted by molar-refractivity contribution is -0.232. The van der Waals surface area contributed by atoms with Crippen molar-refractivity contribution in [3.05, 3.63) is 0 Å². The first-order chi connectivity index (χ1) is 8.10. The van der Waals surface area contributed by atoms with Gasteiger partial charge < -0.3 is 9.29 Å². The summed E-state index contributed by atoms with van der Waals surface area (Å²) >= 11 is -1.37. The van der Waals surface area contributed by atoms with Crippen LogP contribution in [0.15, 0.2) is 4.40 Å². The van der Waals surface area contributed by atoms with Gasteiger partial charge in [0, 0.05) is 5.92 Å². The number of nitrogens with zero attached hydrogens (tertiary/aromatic N) is 1. The molecule has 0 unspecified atom stereocenters. The van der Waals surface area contributed by atoms with E-state index in [0.29, 0.717) is 6.42 Å². The van der Waals surface area contributed by atoms with Gasteiger partial charge in [0.25, 0.3) is 0 Å². The maximum atomic E-state index is 12.3. The van der Waals surface area contributed by atoms with E-state index in [4.69, 9.17) is 4.74 Å². The van der Waals surface area contributed by atoms with Crippen LogP contribution in [0.5, 0.6) is 0 Å². The number of halogens is 3. The average molecular weight is 285 g/mol. The third-order valence-corrected chi connectivity index (χ3v) is 3.93. The van der Waals surface area contributed by atoms with Crippen LogP contribution >= 0.6 is 0 Å². The molecule has 1 fully saturated rings. The number of hydrogen-bond acceptors (Lipinski definition) is 3. The Morgan fingerprint density at radius 1 is 1.28 bits per heavy atom. The monoisotopic (exact) mass is 285 g/mol. The maximum Gasteiger partial charge on any atom is 0.414 e. The van der Waals surface area contributed by atoms with Crippen molar-refractivity contribution in [1.29, 1.82) is 0 Å². The van der Waals surface area contributed by atoms with Gasteiger partial charge in [0.1, 0.15) is 16.1 Å². The largest absolute Gasteiger partial charge is 0.591 e. The topological polar surface area (TPSA) is 44.7 Å². The van der Waals surface area contributed by atoms with Crippen LogP contribution in [-0.2, 0) is 16.1 Å². The van der Waals surface area contributed by atoms with Crippen molar-refractivity contribution in [1.82, 2.24) is 0 Å². The highest BCUT2D eigenvalue weighted by Crippen LogP contribution is 2.31. The molecule has 0 saturated carbocycles. The summed E-state index contributed by atoms with van der Waals surface area (Å²) in [4.78, 5) is 0. The number of ether oxygens (including phenoxy) is 1. The highest BCUT2D eigenvalue weighted by Gasteiger charge is 2.42. The summed E-state index contributed by atoms with van der Waals surface area (Å²) in [6, 6.07) is 0. The summed E-state index contributed by atoms with van der Waals surface area (Å²) in [5.41, 5.74) is 0. The molecule has 1 saturated heterocycles. The Kier molecular flexibility index (Phi) is 5.08. The standard InChI is InChI=1S/C11H18F3NO2S/c1-10(2,3)18(16)15-6-8-4-5-9(17-7-8)11(12,13)14/h6,8-9H,4-5,7H2,1-3H3/b15-6+/t8-,9-,18-/m1/s1. The smallest absolute Gasteiger partial charge is 0.414 e. The molecule has 7 heteroatoms. The van der Waals surface area contributed by atoms with Gasteiger partial charge in [0.2, 0.25) is 0 Å². The van der Waals surface area contributed by atoms with Gasteiger partial charge >= 0.3 is 6.18 Å². The van der Waals surface area contributed by atoms with Crippen molar-refractivity contribution < 1.29 is 22.5 Å². The molecule has 1 aliphatic heterocycles. The van der Waals surface area contributed by atoms with Crippen molar-refractivity contribution >= 4 is 17.6 Å². The summed E-state index contributed by atoms with van der Waals surface area (Å²) in [7, 11) is 0.